The molecule has 7 heteroatoms. The molecular weight excluding hydrogens is 414 g/mol. The van der Waals surface area contributed by atoms with Gasteiger partial charge in [0.25, 0.3) is 5.91 Å². The minimum Gasteiger partial charge on any atom is -0.364 e. The number of para-hydroxylation sites is 1. The summed E-state index contributed by atoms with van der Waals surface area (Å²) in [5, 5.41) is 9.41. The molecule has 6 nitrogen and oxygen atoms in total. The summed E-state index contributed by atoms with van der Waals surface area (Å²) in [5.41, 5.74) is 4.26. The molecule has 2 bridgehead atoms. The zero-order valence-corrected chi connectivity index (χ0v) is 17.8. The third-order valence-corrected chi connectivity index (χ3v) is 7.08. The van der Waals surface area contributed by atoms with Crippen LogP contribution in [0.5, 0.6) is 0 Å². The number of hydrogen-bond acceptors (Lipinski definition) is 4. The number of carbonyl (C=O) groups is 2. The summed E-state index contributed by atoms with van der Waals surface area (Å²) in [5.74, 6) is -0.318. The van der Waals surface area contributed by atoms with Gasteiger partial charge in [-0.25, -0.2) is 5.48 Å². The Labute approximate surface area is 186 Å². The van der Waals surface area contributed by atoms with Crippen molar-refractivity contribution in [1.82, 2.24) is 10.4 Å². The number of likely N-dealkylation sites (tertiary alicyclic amines) is 1. The van der Waals surface area contributed by atoms with E-state index in [0.29, 0.717) is 11.6 Å². The molecule has 31 heavy (non-hydrogen) atoms. The Morgan fingerprint density at radius 2 is 1.81 bits per heavy atom. The Hall–Kier alpha value is -2.83. The van der Waals surface area contributed by atoms with E-state index in [1.54, 1.807) is 11.6 Å². The highest BCUT2D eigenvalue weighted by molar-refractivity contribution is 6.30. The van der Waals surface area contributed by atoms with Crippen LogP contribution in [0.4, 0.5) is 5.69 Å². The highest BCUT2D eigenvalue weighted by Crippen LogP contribution is 2.51. The first kappa shape index (κ1) is 20.1. The molecule has 1 aliphatic carbocycles. The minimum atomic E-state index is -0.563. The van der Waals surface area contributed by atoms with Crippen LogP contribution in [0.3, 0.4) is 0 Å². The second kappa shape index (κ2) is 7.70. The Morgan fingerprint density at radius 1 is 1.06 bits per heavy atom. The number of nitrogens with one attached hydrogen (secondary N) is 1. The smallest absolute Gasteiger partial charge is 0.267 e. The number of anilines is 1. The third kappa shape index (κ3) is 3.50. The van der Waals surface area contributed by atoms with Crippen molar-refractivity contribution in [2.45, 2.75) is 36.8 Å². The van der Waals surface area contributed by atoms with Gasteiger partial charge in [-0.2, -0.15) is 0 Å². The molecule has 2 N–H and O–H groups in total. The Balaban J connectivity index is 1.33. The number of halogens is 1. The number of rotatable bonds is 5. The molecule has 0 radical (unpaired) electrons. The van der Waals surface area contributed by atoms with E-state index in [9.17, 15) is 9.59 Å². The normalized spacial score (nSPS) is 23.4. The van der Waals surface area contributed by atoms with Crippen molar-refractivity contribution in [3.05, 3.63) is 70.8 Å². The fourth-order valence-corrected chi connectivity index (χ4v) is 5.22. The van der Waals surface area contributed by atoms with Crippen molar-refractivity contribution < 1.29 is 14.8 Å². The molecule has 0 spiro atoms. The van der Waals surface area contributed by atoms with Crippen molar-refractivity contribution in [1.29, 1.82) is 0 Å². The standard InChI is InChI=1S/C24H24ClN3O3/c25-18-8-6-17(7-9-18)24(11-12-24)23(30)28-15-19-13-20(28)14-27(19)21-4-2-1-3-16(21)5-10-22(29)26-31/h1-10,19-20,31H,11-15H2,(H,26,29)/b10-5+/t19-,20-/m0/s1. The number of benzene rings is 2. The lowest BCUT2D eigenvalue weighted by molar-refractivity contribution is -0.135. The van der Waals surface area contributed by atoms with E-state index in [-0.39, 0.29) is 23.4 Å². The largest absolute Gasteiger partial charge is 0.364 e. The number of piperazine rings is 1. The predicted molar refractivity (Wildman–Crippen MR) is 119 cm³/mol. The molecule has 2 aromatic rings. The highest BCUT2D eigenvalue weighted by Gasteiger charge is 2.57. The van der Waals surface area contributed by atoms with E-state index in [0.717, 1.165) is 42.6 Å². The van der Waals surface area contributed by atoms with Crippen molar-refractivity contribution in [3.8, 4) is 0 Å². The second-order valence-electron chi connectivity index (χ2n) is 8.61. The van der Waals surface area contributed by atoms with Crippen LogP contribution in [0.1, 0.15) is 30.4 Å². The Morgan fingerprint density at radius 3 is 2.45 bits per heavy atom. The summed E-state index contributed by atoms with van der Waals surface area (Å²) in [6, 6.07) is 16.0. The van der Waals surface area contributed by atoms with Gasteiger partial charge in [0.05, 0.1) is 11.5 Å². The maximum absolute atomic E-state index is 13.5. The molecule has 2 amide bonds. The third-order valence-electron chi connectivity index (χ3n) is 6.83. The molecule has 2 heterocycles. The van der Waals surface area contributed by atoms with Gasteiger partial charge in [-0.15, -0.1) is 0 Å². The van der Waals surface area contributed by atoms with Gasteiger partial charge >= 0.3 is 0 Å². The SMILES string of the molecule is O=C(/C=C/c1ccccc1N1C[C@@H]2C[C@H]1CN2C(=O)C1(c2ccc(Cl)cc2)CC1)NO. The highest BCUT2D eigenvalue weighted by atomic mass is 35.5. The zero-order valence-electron chi connectivity index (χ0n) is 17.0. The van der Waals surface area contributed by atoms with Crippen LogP contribution >= 0.6 is 11.6 Å². The first-order chi connectivity index (χ1) is 15.0. The van der Waals surface area contributed by atoms with Crippen molar-refractivity contribution in [3.63, 3.8) is 0 Å². The lowest BCUT2D eigenvalue weighted by Crippen LogP contribution is -2.51. The van der Waals surface area contributed by atoms with E-state index < -0.39 is 5.91 Å². The number of hydroxylamine groups is 1. The maximum atomic E-state index is 13.5. The average Bonchev–Trinajstić information content (AvgIpc) is 3.36. The maximum Gasteiger partial charge on any atom is 0.267 e. The lowest BCUT2D eigenvalue weighted by Gasteiger charge is -2.38. The topological polar surface area (TPSA) is 72.9 Å². The molecule has 0 unspecified atom stereocenters. The zero-order chi connectivity index (χ0) is 21.6. The summed E-state index contributed by atoms with van der Waals surface area (Å²) in [7, 11) is 0. The summed E-state index contributed by atoms with van der Waals surface area (Å²) in [4.78, 5) is 29.3. The molecule has 2 aromatic carbocycles. The lowest BCUT2D eigenvalue weighted by atomic mass is 9.94. The molecular formula is C24H24ClN3O3. The van der Waals surface area contributed by atoms with Crippen molar-refractivity contribution in [2.75, 3.05) is 18.0 Å². The quantitative estimate of drug-likeness (QED) is 0.427. The average molecular weight is 438 g/mol. The van der Waals surface area contributed by atoms with E-state index in [1.807, 2.05) is 48.5 Å². The molecule has 160 valence electrons. The molecule has 5 rings (SSSR count). The second-order valence-corrected chi connectivity index (χ2v) is 9.05. The summed E-state index contributed by atoms with van der Waals surface area (Å²) in [6.45, 7) is 1.50. The number of carbonyl (C=O) groups excluding carboxylic acids is 2. The van der Waals surface area contributed by atoms with E-state index in [4.69, 9.17) is 16.8 Å². The van der Waals surface area contributed by atoms with Gasteiger partial charge in [0.1, 0.15) is 0 Å². The summed E-state index contributed by atoms with van der Waals surface area (Å²) < 4.78 is 0. The van der Waals surface area contributed by atoms with Crippen LogP contribution in [0, 0.1) is 0 Å². The van der Waals surface area contributed by atoms with Gasteiger partial charge in [0.15, 0.2) is 0 Å². The van der Waals surface area contributed by atoms with Crippen LogP contribution in [-0.4, -0.2) is 47.1 Å². The van der Waals surface area contributed by atoms with Gasteiger partial charge in [0, 0.05) is 35.9 Å². The monoisotopic (exact) mass is 437 g/mol. The van der Waals surface area contributed by atoms with Crippen molar-refractivity contribution >= 4 is 35.2 Å². The molecule has 0 aromatic heterocycles. The first-order valence-corrected chi connectivity index (χ1v) is 10.9. The number of hydrogen-bond donors (Lipinski definition) is 2. The fourth-order valence-electron chi connectivity index (χ4n) is 5.10. The van der Waals surface area contributed by atoms with Crippen LogP contribution in [0.25, 0.3) is 6.08 Å². The van der Waals surface area contributed by atoms with Crippen molar-refractivity contribution in [2.24, 2.45) is 0 Å². The molecule has 2 aliphatic heterocycles. The van der Waals surface area contributed by atoms with E-state index in [1.165, 1.54) is 6.08 Å². The summed E-state index contributed by atoms with van der Waals surface area (Å²) >= 11 is 6.04. The van der Waals surface area contributed by atoms with Gasteiger partial charge in [-0.1, -0.05) is 41.9 Å². The van der Waals surface area contributed by atoms with Crippen LogP contribution < -0.4 is 10.4 Å². The van der Waals surface area contributed by atoms with Gasteiger partial charge < -0.3 is 9.80 Å². The Bertz CT molecular complexity index is 1050. The minimum absolute atomic E-state index is 0.194. The van der Waals surface area contributed by atoms with Gasteiger partial charge in [0.2, 0.25) is 5.91 Å². The molecule has 2 atom stereocenters. The molecule has 1 saturated carbocycles. The molecule has 3 aliphatic rings. The number of nitrogens with zero attached hydrogens (tertiary/aromatic N) is 2. The first-order valence-electron chi connectivity index (χ1n) is 10.6. The predicted octanol–water partition coefficient (Wildman–Crippen LogP) is 3.38. The van der Waals surface area contributed by atoms with Crippen LogP contribution in [-0.2, 0) is 15.0 Å². The van der Waals surface area contributed by atoms with Gasteiger partial charge in [-0.05, 0) is 54.7 Å². The van der Waals surface area contributed by atoms with Crippen LogP contribution in [0.2, 0.25) is 5.02 Å². The molecule has 3 fully saturated rings. The van der Waals surface area contributed by atoms with Gasteiger partial charge in [-0.3, -0.25) is 14.8 Å². The van der Waals surface area contributed by atoms with Crippen LogP contribution in [0.15, 0.2) is 54.6 Å². The number of fused-ring (bicyclic) bond motifs is 2. The number of amides is 2. The Kier molecular flexibility index (Phi) is 4.99. The van der Waals surface area contributed by atoms with E-state index >= 15 is 0 Å². The summed E-state index contributed by atoms with van der Waals surface area (Å²) in [6.07, 6.45) is 5.76. The van der Waals surface area contributed by atoms with E-state index in [2.05, 4.69) is 9.80 Å². The fraction of sp³-hybridized carbons (Fsp3) is 0.333. The molecule has 2 saturated heterocycles.